The number of carbonyl (C=O) groups is 1. The Balaban J connectivity index is 1.94. The molecule has 132 valence electrons. The number of likely N-dealkylation sites (N-methyl/N-ethyl adjacent to an activating group) is 1. The Morgan fingerprint density at radius 3 is 2.68 bits per heavy atom. The summed E-state index contributed by atoms with van der Waals surface area (Å²) in [6, 6.07) is 16.9. The third-order valence-corrected chi connectivity index (χ3v) is 5.05. The van der Waals surface area contributed by atoms with Crippen LogP contribution in [0.1, 0.15) is 29.0 Å². The van der Waals surface area contributed by atoms with E-state index in [1.165, 1.54) is 16.7 Å². The number of methoxy groups -OCH3 is 1. The molecule has 0 saturated heterocycles. The van der Waals surface area contributed by atoms with Crippen molar-refractivity contribution in [3.8, 4) is 5.75 Å². The number of hydrogen-bond donors (Lipinski definition) is 1. The van der Waals surface area contributed by atoms with Crippen LogP contribution in [-0.4, -0.2) is 43.2 Å². The first kappa shape index (κ1) is 17.5. The molecule has 3 rings (SSSR count). The zero-order valence-electron chi connectivity index (χ0n) is 14.8. The maximum Gasteiger partial charge on any atom is 0.317 e. The van der Waals surface area contributed by atoms with Gasteiger partial charge in [0.05, 0.1) is 13.7 Å². The van der Waals surface area contributed by atoms with Crippen LogP contribution in [0.3, 0.4) is 0 Å². The van der Waals surface area contributed by atoms with Gasteiger partial charge in [0.1, 0.15) is 5.75 Å². The second-order valence-corrected chi connectivity index (χ2v) is 6.84. The fourth-order valence-corrected chi connectivity index (χ4v) is 4.00. The quantitative estimate of drug-likeness (QED) is 0.876. The lowest BCUT2D eigenvalue weighted by atomic mass is 9.71. The average Bonchev–Trinajstić information content (AvgIpc) is 2.61. The Bertz CT molecular complexity index is 729. The smallest absolute Gasteiger partial charge is 0.317 e. The van der Waals surface area contributed by atoms with Gasteiger partial charge >= 0.3 is 5.97 Å². The maximum atomic E-state index is 11.0. The van der Waals surface area contributed by atoms with Crippen LogP contribution in [0.25, 0.3) is 0 Å². The summed E-state index contributed by atoms with van der Waals surface area (Å²) in [5, 5.41) is 9.06. The molecule has 0 heterocycles. The summed E-state index contributed by atoms with van der Waals surface area (Å²) >= 11 is 0. The van der Waals surface area contributed by atoms with E-state index in [0.29, 0.717) is 5.92 Å². The predicted molar refractivity (Wildman–Crippen MR) is 98.2 cm³/mol. The van der Waals surface area contributed by atoms with Gasteiger partial charge in [-0.3, -0.25) is 9.69 Å². The van der Waals surface area contributed by atoms with Crippen molar-refractivity contribution in [3.05, 3.63) is 65.2 Å². The molecule has 0 aliphatic heterocycles. The molecular formula is C21H25NO3. The molecule has 2 aromatic carbocycles. The molecule has 4 heteroatoms. The minimum Gasteiger partial charge on any atom is -0.497 e. The lowest BCUT2D eigenvalue weighted by molar-refractivity contribution is -0.138. The third kappa shape index (κ3) is 4.02. The Morgan fingerprint density at radius 1 is 1.24 bits per heavy atom. The molecule has 0 fully saturated rings. The largest absolute Gasteiger partial charge is 0.497 e. The predicted octanol–water partition coefficient (Wildman–Crippen LogP) is 3.41. The number of ether oxygens (including phenoxy) is 1. The summed E-state index contributed by atoms with van der Waals surface area (Å²) in [6.45, 7) is 0.852. The minimum atomic E-state index is -0.778. The fourth-order valence-electron chi connectivity index (χ4n) is 4.00. The molecule has 4 nitrogen and oxygen atoms in total. The highest BCUT2D eigenvalue weighted by Gasteiger charge is 2.31. The van der Waals surface area contributed by atoms with Crippen molar-refractivity contribution in [3.63, 3.8) is 0 Å². The zero-order chi connectivity index (χ0) is 17.8. The second-order valence-electron chi connectivity index (χ2n) is 6.84. The molecule has 0 unspecified atom stereocenters. The van der Waals surface area contributed by atoms with Crippen molar-refractivity contribution >= 4 is 5.97 Å². The molecule has 0 aromatic heterocycles. The van der Waals surface area contributed by atoms with Gasteiger partial charge in [-0.25, -0.2) is 0 Å². The van der Waals surface area contributed by atoms with E-state index >= 15 is 0 Å². The van der Waals surface area contributed by atoms with Gasteiger partial charge in [0.25, 0.3) is 0 Å². The van der Waals surface area contributed by atoms with Crippen molar-refractivity contribution < 1.29 is 14.6 Å². The van der Waals surface area contributed by atoms with Crippen LogP contribution in [0.2, 0.25) is 0 Å². The van der Waals surface area contributed by atoms with E-state index in [9.17, 15) is 4.79 Å². The summed E-state index contributed by atoms with van der Waals surface area (Å²) in [5.74, 6) is 0.798. The van der Waals surface area contributed by atoms with Gasteiger partial charge in [0.15, 0.2) is 0 Å². The summed E-state index contributed by atoms with van der Waals surface area (Å²) in [6.07, 6.45) is 2.05. The monoisotopic (exact) mass is 339 g/mol. The molecule has 0 amide bonds. The van der Waals surface area contributed by atoms with Crippen LogP contribution in [0.4, 0.5) is 0 Å². The lowest BCUT2D eigenvalue weighted by Crippen LogP contribution is -2.35. The highest BCUT2D eigenvalue weighted by atomic mass is 16.5. The first-order chi connectivity index (χ1) is 12.1. The maximum absolute atomic E-state index is 11.0. The van der Waals surface area contributed by atoms with E-state index in [1.807, 2.05) is 24.1 Å². The van der Waals surface area contributed by atoms with Crippen LogP contribution in [0.15, 0.2) is 48.5 Å². The summed E-state index contributed by atoms with van der Waals surface area (Å²) in [5.41, 5.74) is 3.97. The van der Waals surface area contributed by atoms with Crippen molar-refractivity contribution in [1.29, 1.82) is 0 Å². The molecule has 2 aromatic rings. The van der Waals surface area contributed by atoms with Gasteiger partial charge < -0.3 is 9.84 Å². The van der Waals surface area contributed by atoms with Crippen molar-refractivity contribution in [1.82, 2.24) is 4.90 Å². The molecule has 0 spiro atoms. The first-order valence-corrected chi connectivity index (χ1v) is 8.70. The SMILES string of the molecule is COc1ccc2c(c1)CC[C@H](CN(C)CC(=O)O)[C@H]2c1ccccc1. The Morgan fingerprint density at radius 2 is 2.00 bits per heavy atom. The molecule has 0 radical (unpaired) electrons. The standard InChI is InChI=1S/C21H25NO3/c1-22(14-20(23)24)13-17-9-8-16-12-18(25-2)10-11-19(16)21(17)15-6-4-3-5-7-15/h3-7,10-12,17,21H,8-9,13-14H2,1-2H3,(H,23,24)/t17-,21-/m1/s1. The van der Waals surface area contributed by atoms with Crippen molar-refractivity contribution in [2.24, 2.45) is 5.92 Å². The molecule has 1 aliphatic rings. The van der Waals surface area contributed by atoms with Gasteiger partial charge in [0.2, 0.25) is 0 Å². The van der Waals surface area contributed by atoms with Crippen molar-refractivity contribution in [2.45, 2.75) is 18.8 Å². The van der Waals surface area contributed by atoms with E-state index < -0.39 is 5.97 Å². The van der Waals surface area contributed by atoms with E-state index in [4.69, 9.17) is 9.84 Å². The van der Waals surface area contributed by atoms with Gasteiger partial charge in [0, 0.05) is 12.5 Å². The topological polar surface area (TPSA) is 49.8 Å². The van der Waals surface area contributed by atoms with E-state index in [1.54, 1.807) is 7.11 Å². The van der Waals surface area contributed by atoms with E-state index in [0.717, 1.165) is 25.1 Å². The molecule has 0 saturated carbocycles. The van der Waals surface area contributed by atoms with Crippen LogP contribution in [0.5, 0.6) is 5.75 Å². The van der Waals surface area contributed by atoms with Crippen LogP contribution < -0.4 is 4.74 Å². The normalized spacial score (nSPS) is 19.5. The number of carboxylic acid groups (broad SMARTS) is 1. The number of nitrogens with zero attached hydrogens (tertiary/aromatic N) is 1. The number of carboxylic acids is 1. The number of rotatable bonds is 6. The molecule has 1 N–H and O–H groups in total. The van der Waals surface area contributed by atoms with Crippen LogP contribution in [-0.2, 0) is 11.2 Å². The third-order valence-electron chi connectivity index (χ3n) is 5.05. The number of fused-ring (bicyclic) bond motifs is 1. The van der Waals surface area contributed by atoms with Crippen LogP contribution >= 0.6 is 0 Å². The zero-order valence-corrected chi connectivity index (χ0v) is 14.8. The van der Waals surface area contributed by atoms with E-state index in [-0.39, 0.29) is 12.5 Å². The second kappa shape index (κ2) is 7.70. The van der Waals surface area contributed by atoms with E-state index in [2.05, 4.69) is 36.4 Å². The Labute approximate surface area is 149 Å². The van der Waals surface area contributed by atoms with Gasteiger partial charge in [-0.2, -0.15) is 0 Å². The number of aliphatic carboxylic acids is 1. The fraction of sp³-hybridized carbons (Fsp3) is 0.381. The number of hydrogen-bond acceptors (Lipinski definition) is 3. The number of benzene rings is 2. The molecule has 2 atom stereocenters. The summed E-state index contributed by atoms with van der Waals surface area (Å²) < 4.78 is 5.38. The van der Waals surface area contributed by atoms with Gasteiger partial charge in [-0.05, 0) is 54.6 Å². The molecular weight excluding hydrogens is 314 g/mol. The minimum absolute atomic E-state index is 0.0769. The highest BCUT2D eigenvalue weighted by molar-refractivity contribution is 5.69. The lowest BCUT2D eigenvalue weighted by Gasteiger charge is -2.36. The molecule has 1 aliphatic carbocycles. The van der Waals surface area contributed by atoms with Gasteiger partial charge in [-0.15, -0.1) is 0 Å². The number of aryl methyl sites for hydroxylation is 1. The first-order valence-electron chi connectivity index (χ1n) is 8.70. The Kier molecular flexibility index (Phi) is 5.39. The summed E-state index contributed by atoms with van der Waals surface area (Å²) in [7, 11) is 3.59. The molecule has 25 heavy (non-hydrogen) atoms. The van der Waals surface area contributed by atoms with Crippen molar-refractivity contribution in [2.75, 3.05) is 27.2 Å². The highest BCUT2D eigenvalue weighted by Crippen LogP contribution is 2.42. The summed E-state index contributed by atoms with van der Waals surface area (Å²) in [4.78, 5) is 12.9. The Hall–Kier alpha value is -2.33. The average molecular weight is 339 g/mol. The van der Waals surface area contributed by atoms with Gasteiger partial charge in [-0.1, -0.05) is 36.4 Å². The molecule has 0 bridgehead atoms. The van der Waals surface area contributed by atoms with Crippen LogP contribution in [0, 0.1) is 5.92 Å².